The van der Waals surface area contributed by atoms with Crippen LogP contribution in [0.25, 0.3) is 0 Å². The van der Waals surface area contributed by atoms with E-state index in [9.17, 15) is 4.79 Å². The van der Waals surface area contributed by atoms with Crippen molar-refractivity contribution < 1.29 is 4.79 Å². The number of amides is 1. The monoisotopic (exact) mass is 152 g/mol. The van der Waals surface area contributed by atoms with E-state index >= 15 is 0 Å². The Labute approximate surface area is 67.4 Å². The van der Waals surface area contributed by atoms with Gasteiger partial charge < -0.3 is 5.32 Å². The lowest BCUT2D eigenvalue weighted by atomic mass is 9.73. The van der Waals surface area contributed by atoms with Crippen LogP contribution >= 0.6 is 0 Å². The van der Waals surface area contributed by atoms with Crippen LogP contribution in [0.5, 0.6) is 0 Å². The van der Waals surface area contributed by atoms with Crippen molar-refractivity contribution in [3.63, 3.8) is 0 Å². The third-order valence-corrected chi connectivity index (χ3v) is 2.90. The van der Waals surface area contributed by atoms with E-state index in [-0.39, 0.29) is 11.3 Å². The minimum atomic E-state index is 0.215. The summed E-state index contributed by atoms with van der Waals surface area (Å²) in [6, 6.07) is 0. The third kappa shape index (κ3) is 1.26. The van der Waals surface area contributed by atoms with Gasteiger partial charge in [0.15, 0.2) is 0 Å². The quantitative estimate of drug-likeness (QED) is 0.561. The van der Waals surface area contributed by atoms with Crippen LogP contribution in [0.4, 0.5) is 0 Å². The first kappa shape index (κ1) is 7.14. The molecule has 1 aliphatic heterocycles. The van der Waals surface area contributed by atoms with Gasteiger partial charge >= 0.3 is 0 Å². The molecule has 0 aromatic rings. The molecule has 1 aliphatic carbocycles. The van der Waals surface area contributed by atoms with Gasteiger partial charge in [-0.3, -0.25) is 4.79 Å². The van der Waals surface area contributed by atoms with Gasteiger partial charge in [-0.1, -0.05) is 19.3 Å². The Bertz CT molecular complexity index is 170. The summed E-state index contributed by atoms with van der Waals surface area (Å²) in [7, 11) is 0. The van der Waals surface area contributed by atoms with Crippen molar-refractivity contribution in [2.45, 2.75) is 38.5 Å². The van der Waals surface area contributed by atoms with E-state index < -0.39 is 0 Å². The van der Waals surface area contributed by atoms with Gasteiger partial charge in [-0.15, -0.1) is 0 Å². The molecule has 0 aromatic carbocycles. The molecule has 2 heteroatoms. The normalized spacial score (nSPS) is 28.9. The van der Waals surface area contributed by atoms with Gasteiger partial charge in [0.25, 0.3) is 0 Å². The lowest BCUT2D eigenvalue weighted by Crippen LogP contribution is -2.21. The van der Waals surface area contributed by atoms with Crippen LogP contribution in [0.3, 0.4) is 0 Å². The number of hydrogen-bond acceptors (Lipinski definition) is 1. The number of carbonyl (C=O) groups excluding carboxylic acids is 1. The molecular formula is C9H14NO. The van der Waals surface area contributed by atoms with E-state index in [4.69, 9.17) is 0 Å². The molecule has 1 amide bonds. The lowest BCUT2D eigenvalue weighted by molar-refractivity contribution is -0.119. The van der Waals surface area contributed by atoms with E-state index in [1.807, 2.05) is 6.54 Å². The van der Waals surface area contributed by atoms with Crippen LogP contribution in [0.1, 0.15) is 38.5 Å². The molecule has 2 rings (SSSR count). The Hall–Kier alpha value is -0.530. The first-order valence-corrected chi connectivity index (χ1v) is 4.45. The molecule has 1 saturated heterocycles. The summed E-state index contributed by atoms with van der Waals surface area (Å²) in [4.78, 5) is 11.0. The summed E-state index contributed by atoms with van der Waals surface area (Å²) in [6.07, 6.45) is 7.12. The first-order valence-electron chi connectivity index (χ1n) is 4.45. The van der Waals surface area contributed by atoms with Crippen molar-refractivity contribution in [1.82, 2.24) is 5.32 Å². The van der Waals surface area contributed by atoms with Crippen LogP contribution < -0.4 is 5.32 Å². The fourth-order valence-corrected chi connectivity index (χ4v) is 2.23. The number of nitrogens with one attached hydrogen (secondary N) is 1. The molecular weight excluding hydrogens is 138 g/mol. The number of rotatable bonds is 0. The Balaban J connectivity index is 2.03. The van der Waals surface area contributed by atoms with Crippen molar-refractivity contribution in [3.8, 4) is 0 Å². The molecule has 2 nitrogen and oxygen atoms in total. The molecule has 61 valence electrons. The van der Waals surface area contributed by atoms with Crippen LogP contribution in [0.15, 0.2) is 0 Å². The zero-order valence-corrected chi connectivity index (χ0v) is 6.73. The molecule has 0 aromatic heterocycles. The summed E-state index contributed by atoms with van der Waals surface area (Å²) in [6.45, 7) is 2.04. The van der Waals surface area contributed by atoms with Crippen molar-refractivity contribution in [1.29, 1.82) is 0 Å². The van der Waals surface area contributed by atoms with E-state index in [0.29, 0.717) is 0 Å². The van der Waals surface area contributed by atoms with E-state index in [2.05, 4.69) is 5.32 Å². The minimum Gasteiger partial charge on any atom is -0.351 e. The highest BCUT2D eigenvalue weighted by molar-refractivity contribution is 5.80. The summed E-state index contributed by atoms with van der Waals surface area (Å²) < 4.78 is 0. The average molecular weight is 152 g/mol. The maximum atomic E-state index is 11.0. The van der Waals surface area contributed by atoms with Crippen molar-refractivity contribution in [3.05, 3.63) is 6.54 Å². The number of hydrogen-bond donors (Lipinski definition) is 1. The molecule has 1 spiro atoms. The average Bonchev–Trinajstić information content (AvgIpc) is 2.34. The molecule has 1 radical (unpaired) electrons. The molecule has 1 saturated carbocycles. The SMILES string of the molecule is O=C1CC2([CH]N1)CCCCC2. The topological polar surface area (TPSA) is 29.1 Å². The van der Waals surface area contributed by atoms with Crippen LogP contribution in [0.2, 0.25) is 0 Å². The molecule has 1 heterocycles. The maximum Gasteiger partial charge on any atom is 0.220 e. The fourth-order valence-electron chi connectivity index (χ4n) is 2.23. The molecule has 11 heavy (non-hydrogen) atoms. The minimum absolute atomic E-state index is 0.215. The van der Waals surface area contributed by atoms with Crippen molar-refractivity contribution >= 4 is 5.91 Å². The van der Waals surface area contributed by atoms with Gasteiger partial charge in [-0.25, -0.2) is 0 Å². The second-order valence-corrected chi connectivity index (χ2v) is 3.81. The smallest absolute Gasteiger partial charge is 0.220 e. The molecule has 1 N–H and O–H groups in total. The highest BCUT2D eigenvalue weighted by Crippen LogP contribution is 2.43. The Morgan fingerprint density at radius 2 is 2.00 bits per heavy atom. The van der Waals surface area contributed by atoms with E-state index in [1.165, 1.54) is 32.1 Å². The zero-order chi connectivity index (χ0) is 7.73. The summed E-state index contributed by atoms with van der Waals surface area (Å²) in [5, 5.41) is 2.82. The Morgan fingerprint density at radius 3 is 2.55 bits per heavy atom. The van der Waals surface area contributed by atoms with Crippen LogP contribution in [-0.4, -0.2) is 5.91 Å². The molecule has 0 atom stereocenters. The maximum absolute atomic E-state index is 11.0. The van der Waals surface area contributed by atoms with Gasteiger partial charge in [0.2, 0.25) is 5.91 Å². The predicted molar refractivity (Wildman–Crippen MR) is 42.6 cm³/mol. The highest BCUT2D eigenvalue weighted by Gasteiger charge is 2.39. The second kappa shape index (κ2) is 2.50. The summed E-state index contributed by atoms with van der Waals surface area (Å²) >= 11 is 0. The van der Waals surface area contributed by atoms with Crippen LogP contribution in [-0.2, 0) is 4.79 Å². The van der Waals surface area contributed by atoms with Gasteiger partial charge in [0.1, 0.15) is 0 Å². The zero-order valence-electron chi connectivity index (χ0n) is 6.73. The van der Waals surface area contributed by atoms with Gasteiger partial charge in [-0.05, 0) is 12.8 Å². The highest BCUT2D eigenvalue weighted by atomic mass is 16.1. The molecule has 2 aliphatic rings. The Kier molecular flexibility index (Phi) is 1.63. The van der Waals surface area contributed by atoms with Crippen LogP contribution in [0, 0.1) is 12.0 Å². The van der Waals surface area contributed by atoms with E-state index in [0.717, 1.165) is 6.42 Å². The number of carbonyl (C=O) groups is 1. The fraction of sp³-hybridized carbons (Fsp3) is 0.778. The largest absolute Gasteiger partial charge is 0.351 e. The molecule has 0 bridgehead atoms. The van der Waals surface area contributed by atoms with Gasteiger partial charge in [0.05, 0.1) is 6.54 Å². The lowest BCUT2D eigenvalue weighted by Gasteiger charge is -2.30. The summed E-state index contributed by atoms with van der Waals surface area (Å²) in [5.41, 5.74) is 0.259. The molecule has 2 fully saturated rings. The second-order valence-electron chi connectivity index (χ2n) is 3.81. The predicted octanol–water partition coefficient (Wildman–Crippen LogP) is 1.62. The first-order chi connectivity index (χ1) is 5.31. The van der Waals surface area contributed by atoms with Gasteiger partial charge in [-0.2, -0.15) is 0 Å². The summed E-state index contributed by atoms with van der Waals surface area (Å²) in [5.74, 6) is 0.215. The molecule has 0 unspecified atom stereocenters. The third-order valence-electron chi connectivity index (χ3n) is 2.90. The van der Waals surface area contributed by atoms with Gasteiger partial charge in [0, 0.05) is 11.8 Å². The Morgan fingerprint density at radius 1 is 1.27 bits per heavy atom. The van der Waals surface area contributed by atoms with Crippen molar-refractivity contribution in [2.75, 3.05) is 0 Å². The van der Waals surface area contributed by atoms with Crippen molar-refractivity contribution in [2.24, 2.45) is 5.41 Å². The standard InChI is InChI=1S/C9H14NO/c11-8-6-9(7-10-8)4-2-1-3-5-9/h7H,1-6H2,(H,10,11). The van der Waals surface area contributed by atoms with E-state index in [1.54, 1.807) is 0 Å².